The zero-order valence-corrected chi connectivity index (χ0v) is 17.4. The topological polar surface area (TPSA) is 29.1 Å². The van der Waals surface area contributed by atoms with Gasteiger partial charge in [-0.25, -0.2) is 10.0 Å². The summed E-state index contributed by atoms with van der Waals surface area (Å²) in [5.74, 6) is 0.144. The lowest BCUT2D eigenvalue weighted by atomic mass is 10.1. The Labute approximate surface area is 161 Å². The van der Waals surface area contributed by atoms with Crippen LogP contribution in [0.5, 0.6) is 0 Å². The minimum Gasteiger partial charge on any atom is -0.270 e. The number of aryl methyl sites for hydroxylation is 1. The predicted octanol–water partition coefficient (Wildman–Crippen LogP) is 5.65. The van der Waals surface area contributed by atoms with Gasteiger partial charge in [-0.15, -0.1) is 0 Å². The smallest absolute Gasteiger partial charge is 0.265 e. The highest BCUT2D eigenvalue weighted by Crippen LogP contribution is 2.11. The zero-order chi connectivity index (χ0) is 19.1. The fourth-order valence-corrected chi connectivity index (χ4v) is 3.35. The van der Waals surface area contributed by atoms with Gasteiger partial charge in [-0.05, 0) is 24.8 Å². The summed E-state index contributed by atoms with van der Waals surface area (Å²) in [5.41, 5.74) is 4.38. The van der Waals surface area contributed by atoms with E-state index in [2.05, 4.69) is 38.6 Å². The van der Waals surface area contributed by atoms with Crippen molar-refractivity contribution in [3.63, 3.8) is 0 Å². The largest absolute Gasteiger partial charge is 0.270 e. The Balaban J connectivity index is 2.03. The molecule has 0 saturated carbocycles. The summed E-state index contributed by atoms with van der Waals surface area (Å²) in [5, 5.41) is 0. The van der Waals surface area contributed by atoms with E-state index in [1.807, 2.05) is 18.2 Å². The van der Waals surface area contributed by atoms with Crippen LogP contribution < -0.4 is 5.43 Å². The molecule has 0 unspecified atom stereocenters. The number of carbonyl (C=O) groups is 1. The maximum absolute atomic E-state index is 12.2. The van der Waals surface area contributed by atoms with Crippen molar-refractivity contribution in [2.45, 2.75) is 84.0 Å². The van der Waals surface area contributed by atoms with E-state index in [4.69, 9.17) is 0 Å². The van der Waals surface area contributed by atoms with Gasteiger partial charge in [-0.1, -0.05) is 88.6 Å². The maximum Gasteiger partial charge on any atom is 0.265 e. The normalized spacial score (nSPS) is 11.5. The van der Waals surface area contributed by atoms with Crippen molar-refractivity contribution < 1.29 is 9.39 Å². The minimum atomic E-state index is 0.144. The van der Waals surface area contributed by atoms with Crippen LogP contribution in [0.4, 0.5) is 0 Å². The number of unbranched alkanes of at least 4 members (excludes halogenated alkanes) is 9. The van der Waals surface area contributed by atoms with Gasteiger partial charge in [0.05, 0.1) is 14.1 Å². The summed E-state index contributed by atoms with van der Waals surface area (Å²) in [6.45, 7) is 3.28. The third-order valence-corrected chi connectivity index (χ3v) is 4.98. The van der Waals surface area contributed by atoms with Crippen molar-refractivity contribution in [2.75, 3.05) is 20.6 Å². The fraction of sp³-hybridized carbons (Fsp3) is 0.696. The minimum absolute atomic E-state index is 0.144. The number of hydrogen-bond donors (Lipinski definition) is 1. The summed E-state index contributed by atoms with van der Waals surface area (Å²) in [4.78, 5) is 12.2. The molecule has 0 aliphatic carbocycles. The highest BCUT2D eigenvalue weighted by Gasteiger charge is 2.18. The standard InChI is InChI=1S/C23H40N2O/c1-4-5-6-7-8-9-10-11-12-16-21-25(2,3)24-23(26)20-19-22-17-14-13-15-18-22/h13-15,17-18H,4-12,16,19-21H2,1-3H3/p+1. The van der Waals surface area contributed by atoms with Gasteiger partial charge in [0.15, 0.2) is 0 Å². The SMILES string of the molecule is CCCCCCCCCCCC[N+](C)(C)NC(=O)CCc1ccccc1. The van der Waals surface area contributed by atoms with E-state index in [0.29, 0.717) is 11.0 Å². The van der Waals surface area contributed by atoms with E-state index in [9.17, 15) is 4.79 Å². The highest BCUT2D eigenvalue weighted by atomic mass is 16.2. The molecule has 3 heteroatoms. The van der Waals surface area contributed by atoms with Crippen LogP contribution in [0.1, 0.15) is 83.1 Å². The van der Waals surface area contributed by atoms with Gasteiger partial charge in [-0.2, -0.15) is 0 Å². The summed E-state index contributed by atoms with van der Waals surface area (Å²) in [7, 11) is 4.18. The van der Waals surface area contributed by atoms with Crippen LogP contribution in [-0.2, 0) is 11.2 Å². The molecule has 148 valence electrons. The van der Waals surface area contributed by atoms with Gasteiger partial charge < -0.3 is 0 Å². The van der Waals surface area contributed by atoms with Crippen LogP contribution in [-0.4, -0.2) is 31.1 Å². The van der Waals surface area contributed by atoms with Crippen LogP contribution in [0.15, 0.2) is 30.3 Å². The first-order valence-corrected chi connectivity index (χ1v) is 10.7. The molecule has 0 heterocycles. The Morgan fingerprint density at radius 1 is 0.846 bits per heavy atom. The molecular formula is C23H41N2O+. The van der Waals surface area contributed by atoms with Gasteiger partial charge in [0.2, 0.25) is 0 Å². The van der Waals surface area contributed by atoms with Crippen LogP contribution in [0, 0.1) is 0 Å². The number of nitrogens with one attached hydrogen (secondary N) is 1. The van der Waals surface area contributed by atoms with E-state index in [-0.39, 0.29) is 5.91 Å². The van der Waals surface area contributed by atoms with Crippen LogP contribution in [0.25, 0.3) is 0 Å². The van der Waals surface area contributed by atoms with Gasteiger partial charge in [-0.3, -0.25) is 4.79 Å². The van der Waals surface area contributed by atoms with Crippen molar-refractivity contribution in [3.05, 3.63) is 35.9 Å². The third kappa shape index (κ3) is 12.1. The van der Waals surface area contributed by atoms with Crippen molar-refractivity contribution in [1.82, 2.24) is 5.43 Å². The summed E-state index contributed by atoms with van der Waals surface area (Å²) >= 11 is 0. The lowest BCUT2D eigenvalue weighted by molar-refractivity contribution is -0.925. The summed E-state index contributed by atoms with van der Waals surface area (Å²) in [6.07, 6.45) is 14.8. The molecule has 26 heavy (non-hydrogen) atoms. The third-order valence-electron chi connectivity index (χ3n) is 4.98. The lowest BCUT2D eigenvalue weighted by Crippen LogP contribution is -2.54. The van der Waals surface area contributed by atoms with Crippen LogP contribution in [0.2, 0.25) is 0 Å². The monoisotopic (exact) mass is 361 g/mol. The molecule has 0 saturated heterocycles. The van der Waals surface area contributed by atoms with E-state index >= 15 is 0 Å². The molecule has 0 spiro atoms. The van der Waals surface area contributed by atoms with Gasteiger partial charge >= 0.3 is 0 Å². The molecule has 0 fully saturated rings. The molecule has 0 bridgehead atoms. The quantitative estimate of drug-likeness (QED) is 0.244. The Morgan fingerprint density at radius 2 is 1.38 bits per heavy atom. The predicted molar refractivity (Wildman–Crippen MR) is 112 cm³/mol. The Morgan fingerprint density at radius 3 is 1.96 bits per heavy atom. The molecule has 1 aromatic carbocycles. The van der Waals surface area contributed by atoms with Gasteiger partial charge in [0, 0.05) is 6.42 Å². The molecule has 1 aromatic rings. The second-order valence-electron chi connectivity index (χ2n) is 8.11. The van der Waals surface area contributed by atoms with E-state index < -0.39 is 0 Å². The molecule has 1 N–H and O–H groups in total. The number of carbonyl (C=O) groups excluding carboxylic acids is 1. The van der Waals surface area contributed by atoms with Crippen molar-refractivity contribution >= 4 is 5.91 Å². The van der Waals surface area contributed by atoms with Crippen molar-refractivity contribution in [1.29, 1.82) is 0 Å². The first kappa shape index (κ1) is 22.7. The summed E-state index contributed by atoms with van der Waals surface area (Å²) in [6, 6.07) is 10.2. The molecule has 3 nitrogen and oxygen atoms in total. The Bertz CT molecular complexity index is 470. The number of amides is 1. The second-order valence-corrected chi connectivity index (χ2v) is 8.11. The number of rotatable bonds is 15. The molecule has 0 radical (unpaired) electrons. The molecule has 0 atom stereocenters. The van der Waals surface area contributed by atoms with Gasteiger partial charge in [0.1, 0.15) is 6.54 Å². The van der Waals surface area contributed by atoms with Crippen LogP contribution >= 0.6 is 0 Å². The molecule has 0 aliphatic heterocycles. The molecular weight excluding hydrogens is 320 g/mol. The average molecular weight is 362 g/mol. The molecule has 1 rings (SSSR count). The van der Waals surface area contributed by atoms with E-state index in [1.165, 1.54) is 69.8 Å². The fourth-order valence-electron chi connectivity index (χ4n) is 3.35. The lowest BCUT2D eigenvalue weighted by Gasteiger charge is -2.29. The number of benzene rings is 1. The van der Waals surface area contributed by atoms with Crippen molar-refractivity contribution in [3.8, 4) is 0 Å². The molecule has 0 aromatic heterocycles. The van der Waals surface area contributed by atoms with E-state index in [1.54, 1.807) is 0 Å². The van der Waals surface area contributed by atoms with Crippen molar-refractivity contribution in [2.24, 2.45) is 0 Å². The molecule has 1 amide bonds. The van der Waals surface area contributed by atoms with E-state index in [0.717, 1.165) is 13.0 Å². The Kier molecular flexibility index (Phi) is 12.0. The van der Waals surface area contributed by atoms with Crippen LogP contribution in [0.3, 0.4) is 0 Å². The first-order chi connectivity index (χ1) is 12.5. The highest BCUT2D eigenvalue weighted by molar-refractivity contribution is 5.74. The maximum atomic E-state index is 12.2. The number of quaternary nitrogens is 1. The molecule has 0 aliphatic rings. The summed E-state index contributed by atoms with van der Waals surface area (Å²) < 4.78 is 0.588. The average Bonchev–Trinajstić information content (AvgIpc) is 2.62. The van der Waals surface area contributed by atoms with Gasteiger partial charge in [0.25, 0.3) is 5.91 Å². The Hall–Kier alpha value is -1.35. The number of nitrogens with zero attached hydrogens (tertiary/aromatic N) is 1. The second kappa shape index (κ2) is 13.8. The first-order valence-electron chi connectivity index (χ1n) is 10.7. The number of hydrogen-bond acceptors (Lipinski definition) is 1. The zero-order valence-electron chi connectivity index (χ0n) is 17.4.